The summed E-state index contributed by atoms with van der Waals surface area (Å²) in [4.78, 5) is 32.6. The Morgan fingerprint density at radius 2 is 1.92 bits per heavy atom. The van der Waals surface area contributed by atoms with E-state index in [9.17, 15) is 9.59 Å². The van der Waals surface area contributed by atoms with E-state index in [2.05, 4.69) is 25.3 Å². The Kier molecular flexibility index (Phi) is 5.93. The number of hydrogen-bond donors (Lipinski definition) is 2. The van der Waals surface area contributed by atoms with Gasteiger partial charge in [0.05, 0.1) is 23.4 Å². The minimum Gasteiger partial charge on any atom is -0.465 e. The fourth-order valence-corrected chi connectivity index (χ4v) is 2.22. The first kappa shape index (κ1) is 18.7. The molecule has 0 aliphatic heterocycles. The number of amides is 1. The normalized spacial score (nSPS) is 10.5. The Morgan fingerprint density at radius 1 is 1.20 bits per heavy atom. The quantitative estimate of drug-likeness (QED) is 0.793. The molecule has 132 valence electrons. The minimum atomic E-state index is -0.520. The molecule has 25 heavy (non-hydrogen) atoms. The van der Waals surface area contributed by atoms with Gasteiger partial charge in [-0.05, 0) is 45.0 Å². The van der Waals surface area contributed by atoms with E-state index in [0.29, 0.717) is 22.4 Å². The average Bonchev–Trinajstić information content (AvgIpc) is 2.54. The van der Waals surface area contributed by atoms with Gasteiger partial charge in [-0.15, -0.1) is 0 Å². The zero-order valence-electron chi connectivity index (χ0n) is 14.4. The summed E-state index contributed by atoms with van der Waals surface area (Å²) in [7, 11) is 1.28. The van der Waals surface area contributed by atoms with Crippen LogP contribution >= 0.6 is 11.6 Å². The minimum absolute atomic E-state index is 0.129. The third kappa shape index (κ3) is 4.90. The first-order valence-electron chi connectivity index (χ1n) is 7.61. The number of benzene rings is 1. The van der Waals surface area contributed by atoms with E-state index in [0.717, 1.165) is 0 Å². The number of esters is 1. The van der Waals surface area contributed by atoms with Crippen LogP contribution in [-0.4, -0.2) is 35.0 Å². The lowest BCUT2D eigenvalue weighted by molar-refractivity contribution is 0.0600. The van der Waals surface area contributed by atoms with Crippen molar-refractivity contribution in [2.75, 3.05) is 17.7 Å². The van der Waals surface area contributed by atoms with Crippen molar-refractivity contribution in [3.63, 3.8) is 0 Å². The van der Waals surface area contributed by atoms with Crippen LogP contribution in [0.4, 0.5) is 11.6 Å². The first-order valence-corrected chi connectivity index (χ1v) is 7.99. The van der Waals surface area contributed by atoms with Crippen LogP contribution in [0.2, 0.25) is 5.02 Å². The van der Waals surface area contributed by atoms with Crippen LogP contribution in [-0.2, 0) is 4.74 Å². The molecule has 0 saturated carbocycles. The maximum atomic E-state index is 12.5. The van der Waals surface area contributed by atoms with Crippen molar-refractivity contribution in [3.8, 4) is 0 Å². The number of carbonyl (C=O) groups excluding carboxylic acids is 2. The van der Waals surface area contributed by atoms with Gasteiger partial charge in [0.15, 0.2) is 0 Å². The van der Waals surface area contributed by atoms with Crippen molar-refractivity contribution in [2.45, 2.75) is 26.8 Å². The molecule has 1 heterocycles. The summed E-state index contributed by atoms with van der Waals surface area (Å²) in [5, 5.41) is 6.01. The van der Waals surface area contributed by atoms with Gasteiger partial charge in [-0.1, -0.05) is 11.6 Å². The summed E-state index contributed by atoms with van der Waals surface area (Å²) < 4.78 is 4.67. The SMILES string of the molecule is COC(=O)c1ccc(Cl)c(NC(=O)c2cc(C)nc(NC(C)C)n2)c1. The lowest BCUT2D eigenvalue weighted by Crippen LogP contribution is -2.18. The summed E-state index contributed by atoms with van der Waals surface area (Å²) in [5.41, 5.74) is 1.42. The van der Waals surface area contributed by atoms with Gasteiger partial charge in [0.2, 0.25) is 5.95 Å². The van der Waals surface area contributed by atoms with E-state index in [1.807, 2.05) is 13.8 Å². The predicted octanol–water partition coefficient (Wildman–Crippen LogP) is 3.30. The highest BCUT2D eigenvalue weighted by atomic mass is 35.5. The van der Waals surface area contributed by atoms with E-state index < -0.39 is 11.9 Å². The fraction of sp³-hybridized carbons (Fsp3) is 0.294. The van der Waals surface area contributed by atoms with Gasteiger partial charge in [-0.25, -0.2) is 14.8 Å². The van der Waals surface area contributed by atoms with Crippen LogP contribution < -0.4 is 10.6 Å². The second-order valence-corrected chi connectivity index (χ2v) is 6.06. The molecular formula is C17H19ClN4O3. The molecule has 1 aromatic carbocycles. The van der Waals surface area contributed by atoms with E-state index in [1.54, 1.807) is 13.0 Å². The van der Waals surface area contributed by atoms with Crippen molar-refractivity contribution in [1.29, 1.82) is 0 Å². The van der Waals surface area contributed by atoms with Crippen LogP contribution in [0, 0.1) is 6.92 Å². The molecule has 2 N–H and O–H groups in total. The number of hydrogen-bond acceptors (Lipinski definition) is 6. The van der Waals surface area contributed by atoms with Gasteiger partial charge < -0.3 is 15.4 Å². The summed E-state index contributed by atoms with van der Waals surface area (Å²) in [5.74, 6) is -0.607. The Hall–Kier alpha value is -2.67. The summed E-state index contributed by atoms with van der Waals surface area (Å²) in [6.07, 6.45) is 0. The monoisotopic (exact) mass is 362 g/mol. The lowest BCUT2D eigenvalue weighted by atomic mass is 10.2. The molecule has 0 unspecified atom stereocenters. The molecule has 8 heteroatoms. The smallest absolute Gasteiger partial charge is 0.337 e. The van der Waals surface area contributed by atoms with Gasteiger partial charge in [0.25, 0.3) is 5.91 Å². The number of ether oxygens (including phenoxy) is 1. The van der Waals surface area contributed by atoms with Crippen molar-refractivity contribution in [1.82, 2.24) is 9.97 Å². The molecule has 0 saturated heterocycles. The summed E-state index contributed by atoms with van der Waals surface area (Å²) in [6.45, 7) is 5.67. The highest BCUT2D eigenvalue weighted by molar-refractivity contribution is 6.34. The molecule has 0 bridgehead atoms. The number of carbonyl (C=O) groups is 2. The lowest BCUT2D eigenvalue weighted by Gasteiger charge is -2.12. The van der Waals surface area contributed by atoms with Crippen LogP contribution in [0.5, 0.6) is 0 Å². The second-order valence-electron chi connectivity index (χ2n) is 5.66. The third-order valence-corrected chi connectivity index (χ3v) is 3.47. The molecule has 0 aliphatic rings. The maximum absolute atomic E-state index is 12.5. The van der Waals surface area contributed by atoms with Crippen LogP contribution in [0.1, 0.15) is 40.4 Å². The highest BCUT2D eigenvalue weighted by Gasteiger charge is 2.15. The van der Waals surface area contributed by atoms with Gasteiger partial charge in [-0.3, -0.25) is 4.79 Å². The van der Waals surface area contributed by atoms with Gasteiger partial charge in [0.1, 0.15) is 5.69 Å². The molecule has 0 aliphatic carbocycles. The zero-order valence-corrected chi connectivity index (χ0v) is 15.1. The average molecular weight is 363 g/mol. The number of aromatic nitrogens is 2. The molecule has 0 radical (unpaired) electrons. The Morgan fingerprint density at radius 3 is 2.56 bits per heavy atom. The largest absolute Gasteiger partial charge is 0.465 e. The molecule has 0 fully saturated rings. The van der Waals surface area contributed by atoms with Crippen molar-refractivity contribution in [2.24, 2.45) is 0 Å². The zero-order chi connectivity index (χ0) is 18.6. The summed E-state index contributed by atoms with van der Waals surface area (Å²) >= 11 is 6.10. The number of nitrogens with zero attached hydrogens (tertiary/aromatic N) is 2. The number of rotatable bonds is 5. The maximum Gasteiger partial charge on any atom is 0.337 e. The number of methoxy groups -OCH3 is 1. The van der Waals surface area contributed by atoms with Crippen LogP contribution in [0.15, 0.2) is 24.3 Å². The fourth-order valence-electron chi connectivity index (χ4n) is 2.06. The van der Waals surface area contributed by atoms with E-state index in [-0.39, 0.29) is 17.3 Å². The van der Waals surface area contributed by atoms with E-state index in [4.69, 9.17) is 11.6 Å². The molecule has 7 nitrogen and oxygen atoms in total. The molecule has 1 amide bonds. The third-order valence-electron chi connectivity index (χ3n) is 3.14. The topological polar surface area (TPSA) is 93.2 Å². The van der Waals surface area contributed by atoms with Crippen LogP contribution in [0.25, 0.3) is 0 Å². The standard InChI is InChI=1S/C17H19ClN4O3/c1-9(2)19-17-20-10(3)7-14(22-17)15(23)21-13-8-11(16(24)25-4)5-6-12(13)18/h5-9H,1-4H3,(H,21,23)(H,19,20,22). The Balaban J connectivity index is 2.28. The second kappa shape index (κ2) is 7.94. The number of nitrogens with one attached hydrogen (secondary N) is 2. The molecule has 0 spiro atoms. The van der Waals surface area contributed by atoms with Gasteiger partial charge >= 0.3 is 5.97 Å². The van der Waals surface area contributed by atoms with E-state index >= 15 is 0 Å². The molecule has 2 aromatic rings. The van der Waals surface area contributed by atoms with Crippen molar-refractivity contribution in [3.05, 3.63) is 46.2 Å². The molecule has 2 rings (SSSR count). The highest BCUT2D eigenvalue weighted by Crippen LogP contribution is 2.24. The number of aryl methyl sites for hydroxylation is 1. The van der Waals surface area contributed by atoms with Gasteiger partial charge in [-0.2, -0.15) is 0 Å². The van der Waals surface area contributed by atoms with E-state index in [1.165, 1.54) is 25.3 Å². The Labute approximate surface area is 150 Å². The molecular weight excluding hydrogens is 344 g/mol. The van der Waals surface area contributed by atoms with Crippen LogP contribution in [0.3, 0.4) is 0 Å². The Bertz CT molecular complexity index is 808. The molecule has 0 atom stereocenters. The predicted molar refractivity (Wildman–Crippen MR) is 96.3 cm³/mol. The molecule has 1 aromatic heterocycles. The van der Waals surface area contributed by atoms with Crippen molar-refractivity contribution < 1.29 is 14.3 Å². The number of anilines is 2. The number of halogens is 1. The van der Waals surface area contributed by atoms with Gasteiger partial charge in [0, 0.05) is 11.7 Å². The first-order chi connectivity index (χ1) is 11.8. The van der Waals surface area contributed by atoms with Crippen molar-refractivity contribution >= 4 is 35.1 Å². The summed E-state index contributed by atoms with van der Waals surface area (Å²) in [6, 6.07) is 6.18.